The molecule has 2 atom stereocenters. The van der Waals surface area contributed by atoms with Crippen molar-refractivity contribution in [1.82, 2.24) is 10.6 Å². The fourth-order valence-electron chi connectivity index (χ4n) is 0.916. The highest BCUT2D eigenvalue weighted by Crippen LogP contribution is 2.02. The van der Waals surface area contributed by atoms with E-state index in [2.05, 4.69) is 10.6 Å². The number of hydrogen-bond acceptors (Lipinski definition) is 4. The average molecular weight is 250 g/mol. The quantitative estimate of drug-likeness (QED) is 0.504. The van der Waals surface area contributed by atoms with Crippen molar-refractivity contribution < 1.29 is 19.8 Å². The topological polar surface area (TPSA) is 98.7 Å². The number of hydrogen-bond donors (Lipinski definition) is 4. The Morgan fingerprint density at radius 3 is 2.50 bits per heavy atom. The van der Waals surface area contributed by atoms with Crippen molar-refractivity contribution in [3.8, 4) is 0 Å². The summed E-state index contributed by atoms with van der Waals surface area (Å²) in [5, 5.41) is 22.4. The molecule has 0 heterocycles. The van der Waals surface area contributed by atoms with Crippen LogP contribution in [0.25, 0.3) is 0 Å². The van der Waals surface area contributed by atoms with Crippen molar-refractivity contribution in [2.45, 2.75) is 24.6 Å². The first-order valence-electron chi connectivity index (χ1n) is 4.92. The van der Waals surface area contributed by atoms with Gasteiger partial charge in [-0.1, -0.05) is 6.92 Å². The summed E-state index contributed by atoms with van der Waals surface area (Å²) in [6, 6.07) is -1.57. The van der Waals surface area contributed by atoms with Crippen LogP contribution in [0.5, 0.6) is 0 Å². The van der Waals surface area contributed by atoms with Crippen molar-refractivity contribution in [2.75, 3.05) is 19.4 Å². The van der Waals surface area contributed by atoms with Crippen LogP contribution >= 0.6 is 11.8 Å². The van der Waals surface area contributed by atoms with Crippen LogP contribution in [-0.2, 0) is 4.79 Å². The number of rotatable bonds is 7. The number of carboxylic acids is 1. The third-order valence-electron chi connectivity index (χ3n) is 1.97. The highest BCUT2D eigenvalue weighted by molar-refractivity contribution is 7.99. The Balaban J connectivity index is 3.95. The second-order valence-electron chi connectivity index (χ2n) is 3.30. The third kappa shape index (κ3) is 6.52. The predicted octanol–water partition coefficient (Wildman–Crippen LogP) is -0.127. The van der Waals surface area contributed by atoms with E-state index in [9.17, 15) is 9.59 Å². The van der Waals surface area contributed by atoms with Crippen molar-refractivity contribution in [1.29, 1.82) is 0 Å². The number of aliphatic carboxylic acids is 1. The predicted molar refractivity (Wildman–Crippen MR) is 62.6 cm³/mol. The zero-order valence-corrected chi connectivity index (χ0v) is 10.2. The smallest absolute Gasteiger partial charge is 0.326 e. The van der Waals surface area contributed by atoms with Crippen LogP contribution in [-0.4, -0.2) is 52.9 Å². The molecule has 0 fully saturated rings. The van der Waals surface area contributed by atoms with E-state index in [0.717, 1.165) is 0 Å². The molecule has 2 amide bonds. The minimum atomic E-state index is -1.15. The first-order valence-corrected chi connectivity index (χ1v) is 6.20. The van der Waals surface area contributed by atoms with Gasteiger partial charge in [-0.25, -0.2) is 9.59 Å². The van der Waals surface area contributed by atoms with Gasteiger partial charge in [-0.15, -0.1) is 0 Å². The molecule has 7 heteroatoms. The summed E-state index contributed by atoms with van der Waals surface area (Å²) in [6.07, 6.45) is 1.93. The highest BCUT2D eigenvalue weighted by atomic mass is 32.2. The molecule has 16 heavy (non-hydrogen) atoms. The summed E-state index contributed by atoms with van der Waals surface area (Å²) in [5.41, 5.74) is 0. The number of aliphatic hydroxyl groups excluding tert-OH is 1. The molecule has 4 N–H and O–H groups in total. The van der Waals surface area contributed by atoms with Crippen molar-refractivity contribution in [2.24, 2.45) is 0 Å². The average Bonchev–Trinajstić information content (AvgIpc) is 2.25. The van der Waals surface area contributed by atoms with Crippen molar-refractivity contribution in [3.63, 3.8) is 0 Å². The molecule has 0 radical (unpaired) electrons. The number of carboxylic acid groups (broad SMARTS) is 1. The maximum Gasteiger partial charge on any atom is 0.326 e. The Hall–Kier alpha value is -0.950. The van der Waals surface area contributed by atoms with Gasteiger partial charge in [-0.2, -0.15) is 11.8 Å². The molecule has 0 saturated carbocycles. The SMILES string of the molecule is CSC(C)CNC(=O)N[C@@H](CCO)C(=O)O. The number of urea groups is 1. The minimum Gasteiger partial charge on any atom is -0.480 e. The molecule has 0 saturated heterocycles. The fraction of sp³-hybridized carbons (Fsp3) is 0.778. The fourth-order valence-corrected chi connectivity index (χ4v) is 1.17. The van der Waals surface area contributed by atoms with Crippen molar-refractivity contribution in [3.05, 3.63) is 0 Å². The van der Waals surface area contributed by atoms with Gasteiger partial charge in [0, 0.05) is 24.8 Å². The second-order valence-corrected chi connectivity index (χ2v) is 4.58. The molecule has 0 aliphatic rings. The molecule has 0 aliphatic heterocycles. The molecule has 0 aromatic carbocycles. The largest absolute Gasteiger partial charge is 0.480 e. The lowest BCUT2D eigenvalue weighted by Gasteiger charge is -2.15. The van der Waals surface area contributed by atoms with Gasteiger partial charge in [0.05, 0.1) is 0 Å². The zero-order valence-electron chi connectivity index (χ0n) is 9.40. The Morgan fingerprint density at radius 1 is 1.44 bits per heavy atom. The Bertz CT molecular complexity index is 238. The van der Waals surface area contributed by atoms with Crippen molar-refractivity contribution >= 4 is 23.8 Å². The maximum atomic E-state index is 11.3. The van der Waals surface area contributed by atoms with Crippen LogP contribution < -0.4 is 10.6 Å². The number of amides is 2. The number of nitrogens with one attached hydrogen (secondary N) is 2. The molecule has 0 aromatic rings. The van der Waals surface area contributed by atoms with Gasteiger partial charge in [-0.05, 0) is 6.26 Å². The highest BCUT2D eigenvalue weighted by Gasteiger charge is 2.18. The third-order valence-corrected chi connectivity index (χ3v) is 2.95. The maximum absolute atomic E-state index is 11.3. The van der Waals surface area contributed by atoms with E-state index >= 15 is 0 Å². The van der Waals surface area contributed by atoms with Crippen LogP contribution in [0, 0.1) is 0 Å². The Labute approximate surface area is 98.8 Å². The van der Waals surface area contributed by atoms with E-state index in [1.165, 1.54) is 0 Å². The van der Waals surface area contributed by atoms with E-state index in [-0.39, 0.29) is 18.3 Å². The Kier molecular flexibility index (Phi) is 7.74. The Morgan fingerprint density at radius 2 is 2.06 bits per heavy atom. The number of carbonyl (C=O) groups is 2. The molecular weight excluding hydrogens is 232 g/mol. The molecule has 6 nitrogen and oxygen atoms in total. The zero-order chi connectivity index (χ0) is 12.6. The molecule has 0 bridgehead atoms. The lowest BCUT2D eigenvalue weighted by atomic mass is 10.2. The van der Waals surface area contributed by atoms with E-state index in [1.807, 2.05) is 13.2 Å². The number of aliphatic hydroxyl groups is 1. The summed E-state index contributed by atoms with van der Waals surface area (Å²) >= 11 is 1.60. The van der Waals surface area contributed by atoms with E-state index < -0.39 is 18.0 Å². The number of carbonyl (C=O) groups excluding carboxylic acids is 1. The van der Waals surface area contributed by atoms with E-state index in [0.29, 0.717) is 6.54 Å². The molecule has 0 aromatic heterocycles. The van der Waals surface area contributed by atoms with Gasteiger partial charge in [-0.3, -0.25) is 0 Å². The molecule has 94 valence electrons. The molecule has 0 aliphatic carbocycles. The van der Waals surface area contributed by atoms with Gasteiger partial charge < -0.3 is 20.8 Å². The van der Waals surface area contributed by atoms with Gasteiger partial charge in [0.25, 0.3) is 0 Å². The summed E-state index contributed by atoms with van der Waals surface area (Å²) < 4.78 is 0. The minimum absolute atomic E-state index is 0.000828. The molecule has 0 spiro atoms. The standard InChI is InChI=1S/C9H18N2O4S/c1-6(16-2)5-10-9(15)11-7(3-4-12)8(13)14/h6-7,12H,3-5H2,1-2H3,(H,13,14)(H2,10,11,15)/t6?,7-/m0/s1. The molecule has 0 rings (SSSR count). The van der Waals surface area contributed by atoms with Crippen LogP contribution in [0.4, 0.5) is 4.79 Å². The van der Waals surface area contributed by atoms with Gasteiger partial charge in [0.15, 0.2) is 0 Å². The van der Waals surface area contributed by atoms with Crippen LogP contribution in [0.3, 0.4) is 0 Å². The second kappa shape index (κ2) is 8.23. The first-order chi connectivity index (χ1) is 7.51. The normalized spacial score (nSPS) is 13.9. The van der Waals surface area contributed by atoms with Gasteiger partial charge in [0.2, 0.25) is 0 Å². The first kappa shape index (κ1) is 15.0. The van der Waals surface area contributed by atoms with Crippen LogP contribution in [0.2, 0.25) is 0 Å². The van der Waals surface area contributed by atoms with E-state index in [1.54, 1.807) is 11.8 Å². The monoisotopic (exact) mass is 250 g/mol. The summed E-state index contributed by atoms with van der Waals surface area (Å²) in [6.45, 7) is 2.14. The van der Waals surface area contributed by atoms with E-state index in [4.69, 9.17) is 10.2 Å². The van der Waals surface area contributed by atoms with Crippen LogP contribution in [0.1, 0.15) is 13.3 Å². The molecular formula is C9H18N2O4S. The van der Waals surface area contributed by atoms with Gasteiger partial charge >= 0.3 is 12.0 Å². The summed E-state index contributed by atoms with van der Waals surface area (Å²) in [5.74, 6) is -1.15. The van der Waals surface area contributed by atoms with Gasteiger partial charge in [0.1, 0.15) is 6.04 Å². The lowest BCUT2D eigenvalue weighted by Crippen LogP contribution is -2.47. The molecule has 1 unspecified atom stereocenters. The number of thioether (sulfide) groups is 1. The lowest BCUT2D eigenvalue weighted by molar-refractivity contribution is -0.139. The van der Waals surface area contributed by atoms with Crippen LogP contribution in [0.15, 0.2) is 0 Å². The summed E-state index contributed by atoms with van der Waals surface area (Å²) in [4.78, 5) is 21.9. The summed E-state index contributed by atoms with van der Waals surface area (Å²) in [7, 11) is 0.